The number of non-ortho nitro benzene ring substituents is 1. The molecule has 0 saturated heterocycles. The highest BCUT2D eigenvalue weighted by molar-refractivity contribution is 6.02. The molecule has 180 valence electrons. The number of hydrogen-bond acceptors (Lipinski definition) is 3. The summed E-state index contributed by atoms with van der Waals surface area (Å²) in [5.41, 5.74) is 5.79. The minimum Gasteiger partial charge on any atom is -0.292 e. The number of hydrogen-bond donors (Lipinski definition) is 0. The van der Waals surface area contributed by atoms with Crippen molar-refractivity contribution < 1.29 is 4.92 Å². The van der Waals surface area contributed by atoms with Crippen LogP contribution < -0.4 is 0 Å². The van der Waals surface area contributed by atoms with Crippen molar-refractivity contribution in [2.24, 2.45) is 0 Å². The van der Waals surface area contributed by atoms with E-state index in [9.17, 15) is 10.1 Å². The summed E-state index contributed by atoms with van der Waals surface area (Å²) in [6.07, 6.45) is 0. The first-order valence-corrected chi connectivity index (χ1v) is 12.4. The lowest BCUT2D eigenvalue weighted by atomic mass is 10.0. The van der Waals surface area contributed by atoms with E-state index in [1.165, 1.54) is 0 Å². The molecule has 38 heavy (non-hydrogen) atoms. The molecule has 0 aliphatic heterocycles. The highest BCUT2D eigenvalue weighted by Gasteiger charge is 2.20. The zero-order chi connectivity index (χ0) is 25.6. The zero-order valence-corrected chi connectivity index (χ0v) is 20.3. The lowest BCUT2D eigenvalue weighted by Gasteiger charge is -2.14. The number of benzene rings is 6. The molecule has 0 unspecified atom stereocenters. The summed E-state index contributed by atoms with van der Waals surface area (Å²) >= 11 is 0. The van der Waals surface area contributed by atoms with Gasteiger partial charge in [0.2, 0.25) is 0 Å². The molecular weight excluding hydrogens is 470 g/mol. The predicted octanol–water partition coefficient (Wildman–Crippen LogP) is 8.57. The molecule has 0 aliphatic rings. The number of imidazole rings is 1. The van der Waals surface area contributed by atoms with Gasteiger partial charge in [-0.05, 0) is 46.0 Å². The summed E-state index contributed by atoms with van der Waals surface area (Å²) in [6, 6.07) is 42.2. The van der Waals surface area contributed by atoms with Crippen LogP contribution in [0.25, 0.3) is 60.8 Å². The number of nitrogens with zero attached hydrogens (tertiary/aromatic N) is 3. The fourth-order valence-corrected chi connectivity index (χ4v) is 5.34. The molecule has 0 radical (unpaired) electrons. The Bertz CT molecular complexity index is 2000. The van der Waals surface area contributed by atoms with Crippen LogP contribution in [0.5, 0.6) is 0 Å². The third-order valence-corrected chi connectivity index (χ3v) is 7.11. The van der Waals surface area contributed by atoms with Crippen molar-refractivity contribution in [3.63, 3.8) is 0 Å². The SMILES string of the molecule is O=[N+]([O-])c1ccc(-c2cccc3c2nc(-c2cccc4ccccc24)n3-c2cccc3ccccc23)cc1. The monoisotopic (exact) mass is 491 g/mol. The molecule has 0 bridgehead atoms. The van der Waals surface area contributed by atoms with E-state index < -0.39 is 0 Å². The molecule has 0 fully saturated rings. The average Bonchev–Trinajstić information content (AvgIpc) is 3.36. The average molecular weight is 492 g/mol. The molecule has 5 heteroatoms. The molecule has 0 amide bonds. The first-order chi connectivity index (χ1) is 18.7. The van der Waals surface area contributed by atoms with Crippen LogP contribution in [-0.4, -0.2) is 14.5 Å². The maximum atomic E-state index is 11.2. The van der Waals surface area contributed by atoms with Crippen LogP contribution in [0.15, 0.2) is 127 Å². The molecule has 0 atom stereocenters. The van der Waals surface area contributed by atoms with Gasteiger partial charge in [0.05, 0.1) is 21.6 Å². The maximum Gasteiger partial charge on any atom is 0.269 e. The summed E-state index contributed by atoms with van der Waals surface area (Å²) in [7, 11) is 0. The quantitative estimate of drug-likeness (QED) is 0.183. The maximum absolute atomic E-state index is 11.2. The number of para-hydroxylation sites is 1. The Hall–Kier alpha value is -5.29. The number of nitro groups is 1. The molecule has 0 aliphatic carbocycles. The van der Waals surface area contributed by atoms with Crippen molar-refractivity contribution in [1.82, 2.24) is 9.55 Å². The van der Waals surface area contributed by atoms with Gasteiger partial charge in [0.15, 0.2) is 0 Å². The molecule has 0 N–H and O–H groups in total. The van der Waals surface area contributed by atoms with Crippen molar-refractivity contribution in [3.8, 4) is 28.2 Å². The van der Waals surface area contributed by atoms with Crippen LogP contribution in [0.2, 0.25) is 0 Å². The first-order valence-electron chi connectivity index (χ1n) is 12.4. The molecule has 6 aromatic carbocycles. The van der Waals surface area contributed by atoms with Crippen LogP contribution in [-0.2, 0) is 0 Å². The van der Waals surface area contributed by atoms with Gasteiger partial charge in [-0.15, -0.1) is 0 Å². The van der Waals surface area contributed by atoms with Gasteiger partial charge in [0.25, 0.3) is 5.69 Å². The van der Waals surface area contributed by atoms with Crippen LogP contribution in [0.1, 0.15) is 0 Å². The van der Waals surface area contributed by atoms with E-state index in [-0.39, 0.29) is 10.6 Å². The lowest BCUT2D eigenvalue weighted by molar-refractivity contribution is -0.384. The lowest BCUT2D eigenvalue weighted by Crippen LogP contribution is -1.99. The van der Waals surface area contributed by atoms with Gasteiger partial charge >= 0.3 is 0 Å². The van der Waals surface area contributed by atoms with E-state index in [0.717, 1.165) is 60.8 Å². The van der Waals surface area contributed by atoms with Crippen LogP contribution in [0.4, 0.5) is 5.69 Å². The van der Waals surface area contributed by atoms with Gasteiger partial charge in [-0.25, -0.2) is 4.98 Å². The minimum absolute atomic E-state index is 0.0682. The summed E-state index contributed by atoms with van der Waals surface area (Å²) in [6.45, 7) is 0. The first kappa shape index (κ1) is 21.9. The molecule has 7 rings (SSSR count). The predicted molar refractivity (Wildman–Crippen MR) is 154 cm³/mol. The Morgan fingerprint density at radius 3 is 1.97 bits per heavy atom. The summed E-state index contributed by atoms with van der Waals surface area (Å²) in [5.74, 6) is 0.850. The molecule has 5 nitrogen and oxygen atoms in total. The van der Waals surface area contributed by atoms with Gasteiger partial charge < -0.3 is 0 Å². The third-order valence-electron chi connectivity index (χ3n) is 7.11. The number of fused-ring (bicyclic) bond motifs is 3. The molecule has 0 spiro atoms. The zero-order valence-electron chi connectivity index (χ0n) is 20.3. The van der Waals surface area contributed by atoms with Gasteiger partial charge in [-0.2, -0.15) is 0 Å². The molecule has 1 heterocycles. The van der Waals surface area contributed by atoms with E-state index in [4.69, 9.17) is 4.98 Å². The second-order valence-electron chi connectivity index (χ2n) is 9.27. The normalized spacial score (nSPS) is 11.4. The van der Waals surface area contributed by atoms with E-state index in [2.05, 4.69) is 89.5 Å². The highest BCUT2D eigenvalue weighted by atomic mass is 16.6. The number of aromatic nitrogens is 2. The van der Waals surface area contributed by atoms with Gasteiger partial charge in [0, 0.05) is 28.6 Å². The number of rotatable bonds is 4. The van der Waals surface area contributed by atoms with E-state index in [1.54, 1.807) is 24.3 Å². The van der Waals surface area contributed by atoms with Crippen molar-refractivity contribution >= 4 is 38.3 Å². The summed E-state index contributed by atoms with van der Waals surface area (Å²) in [5, 5.41) is 15.8. The van der Waals surface area contributed by atoms with Crippen molar-refractivity contribution in [1.29, 1.82) is 0 Å². The fraction of sp³-hybridized carbons (Fsp3) is 0. The van der Waals surface area contributed by atoms with Crippen molar-refractivity contribution in [2.75, 3.05) is 0 Å². The third kappa shape index (κ3) is 3.44. The highest BCUT2D eigenvalue weighted by Crippen LogP contribution is 2.38. The van der Waals surface area contributed by atoms with Crippen LogP contribution in [0.3, 0.4) is 0 Å². The Labute approximate surface area is 218 Å². The summed E-state index contributed by atoms with van der Waals surface area (Å²) in [4.78, 5) is 16.1. The number of nitro benzene ring substituents is 1. The minimum atomic E-state index is -0.377. The van der Waals surface area contributed by atoms with Crippen molar-refractivity contribution in [3.05, 3.63) is 138 Å². The van der Waals surface area contributed by atoms with Gasteiger partial charge in [-0.1, -0.05) is 91.0 Å². The molecule has 1 aromatic heterocycles. The molecule has 0 saturated carbocycles. The smallest absolute Gasteiger partial charge is 0.269 e. The second kappa shape index (κ2) is 8.68. The standard InChI is InChI=1S/C33H21N3O2/c37-36(38)25-20-18-24(19-21-25)28-14-7-17-31-32(28)34-33(29-15-5-10-22-8-1-3-12-26(22)29)35(31)30-16-6-11-23-9-2-4-13-27(23)30/h1-21H. The molecule has 7 aromatic rings. The second-order valence-corrected chi connectivity index (χ2v) is 9.27. The summed E-state index contributed by atoms with van der Waals surface area (Å²) < 4.78 is 2.24. The van der Waals surface area contributed by atoms with Gasteiger partial charge in [0.1, 0.15) is 5.82 Å². The topological polar surface area (TPSA) is 61.0 Å². The van der Waals surface area contributed by atoms with Gasteiger partial charge in [-0.3, -0.25) is 14.7 Å². The molecular formula is C33H21N3O2. The largest absolute Gasteiger partial charge is 0.292 e. The Morgan fingerprint density at radius 2 is 1.21 bits per heavy atom. The van der Waals surface area contributed by atoms with E-state index >= 15 is 0 Å². The fourth-order valence-electron chi connectivity index (χ4n) is 5.34. The van der Waals surface area contributed by atoms with Crippen molar-refractivity contribution in [2.45, 2.75) is 0 Å². The van der Waals surface area contributed by atoms with E-state index in [0.29, 0.717) is 0 Å². The van der Waals surface area contributed by atoms with Crippen LogP contribution >= 0.6 is 0 Å². The van der Waals surface area contributed by atoms with E-state index in [1.807, 2.05) is 18.2 Å². The Morgan fingerprint density at radius 1 is 0.605 bits per heavy atom. The Balaban J connectivity index is 1.58. The Kier molecular flexibility index (Phi) is 5.01. The van der Waals surface area contributed by atoms with Crippen LogP contribution in [0, 0.1) is 10.1 Å².